The molecule has 24 heavy (non-hydrogen) atoms. The largest absolute Gasteiger partial charge is 0.355 e. The van der Waals surface area contributed by atoms with E-state index >= 15 is 0 Å². The third-order valence-corrected chi connectivity index (χ3v) is 6.23. The number of aromatic nitrogens is 2. The van der Waals surface area contributed by atoms with E-state index in [0.717, 1.165) is 0 Å². The second-order valence-electron chi connectivity index (χ2n) is 5.66. The van der Waals surface area contributed by atoms with Gasteiger partial charge in [0, 0.05) is 24.3 Å². The zero-order chi connectivity index (χ0) is 17.3. The Morgan fingerprint density at radius 3 is 2.75 bits per heavy atom. The Hall–Kier alpha value is -1.57. The Bertz CT molecular complexity index is 860. The van der Waals surface area contributed by atoms with Crippen molar-refractivity contribution in [1.82, 2.24) is 9.97 Å². The topological polar surface area (TPSA) is 75.2 Å². The van der Waals surface area contributed by atoms with Gasteiger partial charge < -0.3 is 10.2 Å². The van der Waals surface area contributed by atoms with Gasteiger partial charge in [0.15, 0.2) is 9.84 Å². The van der Waals surface area contributed by atoms with Gasteiger partial charge in [-0.2, -0.15) is 4.98 Å². The van der Waals surface area contributed by atoms with Gasteiger partial charge in [-0.3, -0.25) is 0 Å². The van der Waals surface area contributed by atoms with Crippen LogP contribution in [0.15, 0.2) is 30.5 Å². The molecule has 0 radical (unpaired) electrons. The number of benzene rings is 1. The summed E-state index contributed by atoms with van der Waals surface area (Å²) in [5, 5.41) is 4.05. The van der Waals surface area contributed by atoms with E-state index < -0.39 is 9.84 Å². The second-order valence-corrected chi connectivity index (χ2v) is 8.73. The van der Waals surface area contributed by atoms with Gasteiger partial charge in [-0.05, 0) is 30.7 Å². The number of halogens is 2. The molecule has 2 heterocycles. The predicted molar refractivity (Wildman–Crippen MR) is 97.2 cm³/mol. The number of anilines is 3. The van der Waals surface area contributed by atoms with Gasteiger partial charge in [-0.1, -0.05) is 23.2 Å². The number of rotatable bonds is 4. The molecule has 9 heteroatoms. The Balaban J connectivity index is 1.79. The highest BCUT2D eigenvalue weighted by atomic mass is 35.5. The minimum atomic E-state index is -2.95. The lowest BCUT2D eigenvalue weighted by Gasteiger charge is -2.24. The smallest absolute Gasteiger partial charge is 0.229 e. The molecule has 1 saturated heterocycles. The van der Waals surface area contributed by atoms with Gasteiger partial charge in [0.05, 0.1) is 22.2 Å². The Morgan fingerprint density at radius 1 is 1.29 bits per heavy atom. The molecule has 128 valence electrons. The van der Waals surface area contributed by atoms with Crippen LogP contribution in [0.5, 0.6) is 0 Å². The van der Waals surface area contributed by atoms with Gasteiger partial charge in [0.25, 0.3) is 0 Å². The van der Waals surface area contributed by atoms with Crippen molar-refractivity contribution in [2.45, 2.75) is 12.5 Å². The first-order valence-electron chi connectivity index (χ1n) is 7.32. The van der Waals surface area contributed by atoms with Crippen LogP contribution in [0.3, 0.4) is 0 Å². The molecular formula is C15H16Cl2N4O2S. The van der Waals surface area contributed by atoms with Crippen molar-refractivity contribution in [2.24, 2.45) is 0 Å². The van der Waals surface area contributed by atoms with Gasteiger partial charge in [-0.25, -0.2) is 13.4 Å². The summed E-state index contributed by atoms with van der Waals surface area (Å²) in [6.07, 6.45) is 2.23. The van der Waals surface area contributed by atoms with Crippen LogP contribution in [0.25, 0.3) is 0 Å². The Kier molecular flexibility index (Phi) is 4.85. The highest BCUT2D eigenvalue weighted by Gasteiger charge is 2.31. The Labute approximate surface area is 150 Å². The van der Waals surface area contributed by atoms with Crippen LogP contribution in [0.4, 0.5) is 17.5 Å². The van der Waals surface area contributed by atoms with Crippen LogP contribution < -0.4 is 10.2 Å². The van der Waals surface area contributed by atoms with Crippen LogP contribution in [-0.4, -0.2) is 43.0 Å². The summed E-state index contributed by atoms with van der Waals surface area (Å²) >= 11 is 12.0. The summed E-state index contributed by atoms with van der Waals surface area (Å²) < 4.78 is 23.3. The van der Waals surface area contributed by atoms with Crippen molar-refractivity contribution in [2.75, 3.05) is 28.8 Å². The molecule has 1 aromatic carbocycles. The van der Waals surface area contributed by atoms with Gasteiger partial charge in [-0.15, -0.1) is 0 Å². The van der Waals surface area contributed by atoms with Crippen LogP contribution in [-0.2, 0) is 9.84 Å². The SMILES string of the molecule is CN(c1ccnc(Nc2ccc(Cl)cc2Cl)n1)C1CCS(=O)(=O)C1. The number of nitrogens with one attached hydrogen (secondary N) is 1. The minimum absolute atomic E-state index is 0.0723. The molecule has 1 fully saturated rings. The molecule has 2 aromatic rings. The standard InChI is InChI=1S/C15H16Cl2N4O2S/c1-21(11-5-7-24(22,23)9-11)14-4-6-18-15(20-14)19-13-3-2-10(16)8-12(13)17/h2-4,6,8,11H,5,7,9H2,1H3,(H,18,19,20). The van der Waals surface area contributed by atoms with E-state index in [1.807, 2.05) is 11.9 Å². The molecule has 1 N–H and O–H groups in total. The lowest BCUT2D eigenvalue weighted by molar-refractivity contribution is 0.600. The van der Waals surface area contributed by atoms with E-state index in [1.165, 1.54) is 0 Å². The molecule has 1 aliphatic rings. The fourth-order valence-electron chi connectivity index (χ4n) is 2.59. The number of sulfone groups is 1. The van der Waals surface area contributed by atoms with Crippen LogP contribution >= 0.6 is 23.2 Å². The molecule has 6 nitrogen and oxygen atoms in total. The fourth-order valence-corrected chi connectivity index (χ4v) is 4.82. The quantitative estimate of drug-likeness (QED) is 0.869. The van der Waals surface area contributed by atoms with E-state index in [-0.39, 0.29) is 17.5 Å². The summed E-state index contributed by atoms with van der Waals surface area (Å²) in [5.74, 6) is 1.40. The summed E-state index contributed by atoms with van der Waals surface area (Å²) in [6.45, 7) is 0. The van der Waals surface area contributed by atoms with Crippen molar-refractivity contribution in [3.05, 3.63) is 40.5 Å². The summed E-state index contributed by atoms with van der Waals surface area (Å²) in [5.41, 5.74) is 0.643. The first-order valence-corrected chi connectivity index (χ1v) is 9.90. The van der Waals surface area contributed by atoms with Crippen molar-refractivity contribution < 1.29 is 8.42 Å². The molecule has 0 saturated carbocycles. The van der Waals surface area contributed by atoms with E-state index in [9.17, 15) is 8.42 Å². The molecule has 1 atom stereocenters. The normalized spacial score (nSPS) is 19.2. The number of nitrogens with zero attached hydrogens (tertiary/aromatic N) is 3. The summed E-state index contributed by atoms with van der Waals surface area (Å²) in [6, 6.07) is 6.77. The molecular weight excluding hydrogens is 371 g/mol. The van der Waals surface area contributed by atoms with E-state index in [0.29, 0.717) is 33.9 Å². The minimum Gasteiger partial charge on any atom is -0.355 e. The lowest BCUT2D eigenvalue weighted by atomic mass is 10.2. The summed E-state index contributed by atoms with van der Waals surface area (Å²) in [7, 11) is -1.11. The first kappa shape index (κ1) is 17.3. The predicted octanol–water partition coefficient (Wildman–Crippen LogP) is 3.15. The van der Waals surface area contributed by atoms with Crippen LogP contribution in [0.2, 0.25) is 10.0 Å². The molecule has 0 amide bonds. The molecule has 0 bridgehead atoms. The van der Waals surface area contributed by atoms with E-state index in [1.54, 1.807) is 30.5 Å². The number of hydrogen-bond acceptors (Lipinski definition) is 6. The first-order chi connectivity index (χ1) is 11.3. The van der Waals surface area contributed by atoms with E-state index in [2.05, 4.69) is 15.3 Å². The zero-order valence-electron chi connectivity index (χ0n) is 12.9. The van der Waals surface area contributed by atoms with Crippen LogP contribution in [0, 0.1) is 0 Å². The Morgan fingerprint density at radius 2 is 2.08 bits per heavy atom. The fraction of sp³-hybridized carbons (Fsp3) is 0.333. The molecule has 3 rings (SSSR count). The third-order valence-electron chi connectivity index (χ3n) is 3.94. The number of hydrogen-bond donors (Lipinski definition) is 1. The van der Waals surface area contributed by atoms with Crippen molar-refractivity contribution >= 4 is 50.5 Å². The van der Waals surface area contributed by atoms with Crippen molar-refractivity contribution in [1.29, 1.82) is 0 Å². The maximum atomic E-state index is 11.7. The molecule has 1 aliphatic heterocycles. The average molecular weight is 387 g/mol. The van der Waals surface area contributed by atoms with Gasteiger partial charge in [0.1, 0.15) is 5.82 Å². The maximum absolute atomic E-state index is 11.7. The third kappa shape index (κ3) is 3.91. The van der Waals surface area contributed by atoms with Gasteiger partial charge >= 0.3 is 0 Å². The highest BCUT2D eigenvalue weighted by Crippen LogP contribution is 2.28. The average Bonchev–Trinajstić information content (AvgIpc) is 2.90. The van der Waals surface area contributed by atoms with Gasteiger partial charge in [0.2, 0.25) is 5.95 Å². The molecule has 0 aliphatic carbocycles. The van der Waals surface area contributed by atoms with Crippen molar-refractivity contribution in [3.8, 4) is 0 Å². The second kappa shape index (κ2) is 6.74. The lowest BCUT2D eigenvalue weighted by Crippen LogP contribution is -2.33. The molecule has 0 spiro atoms. The molecule has 1 unspecified atom stereocenters. The molecule has 1 aromatic heterocycles. The maximum Gasteiger partial charge on any atom is 0.229 e. The highest BCUT2D eigenvalue weighted by molar-refractivity contribution is 7.91. The van der Waals surface area contributed by atoms with Crippen LogP contribution in [0.1, 0.15) is 6.42 Å². The zero-order valence-corrected chi connectivity index (χ0v) is 15.2. The van der Waals surface area contributed by atoms with E-state index in [4.69, 9.17) is 23.2 Å². The monoisotopic (exact) mass is 386 g/mol. The summed E-state index contributed by atoms with van der Waals surface area (Å²) in [4.78, 5) is 10.5. The van der Waals surface area contributed by atoms with Crippen molar-refractivity contribution in [3.63, 3.8) is 0 Å².